The third-order valence-corrected chi connectivity index (χ3v) is 2.22. The zero-order valence-corrected chi connectivity index (χ0v) is 9.01. The van der Waals surface area contributed by atoms with Gasteiger partial charge in [-0.25, -0.2) is 9.50 Å². The van der Waals surface area contributed by atoms with Crippen LogP contribution in [0.2, 0.25) is 0 Å². The lowest BCUT2D eigenvalue weighted by molar-refractivity contribution is 0.409. The minimum Gasteiger partial charge on any atom is -0.396 e. The molecule has 5 nitrogen and oxygen atoms in total. The number of hydrogen-bond acceptors (Lipinski definition) is 4. The van der Waals surface area contributed by atoms with Crippen molar-refractivity contribution in [2.24, 2.45) is 0 Å². The molecule has 0 saturated heterocycles. The van der Waals surface area contributed by atoms with Crippen LogP contribution in [0.1, 0.15) is 5.82 Å². The summed E-state index contributed by atoms with van der Waals surface area (Å²) in [6.45, 7) is 0.941. The molecule has 0 aliphatic heterocycles. The minimum absolute atomic E-state index is 0.668. The van der Waals surface area contributed by atoms with Crippen LogP contribution in [0.5, 0.6) is 0 Å². The average molecular weight is 205 g/mol. The van der Waals surface area contributed by atoms with Crippen molar-refractivity contribution in [2.45, 2.75) is 6.42 Å². The Morgan fingerprint density at radius 1 is 1.47 bits per heavy atom. The average Bonchev–Trinajstić information content (AvgIpc) is 2.59. The summed E-state index contributed by atoms with van der Waals surface area (Å²) in [4.78, 5) is 6.49. The SMILES string of the molecule is CN(C)CCc1nc2c(N)cccn2n1. The number of fused-ring (bicyclic) bond motifs is 1. The molecule has 2 aromatic rings. The molecule has 2 rings (SSSR count). The van der Waals surface area contributed by atoms with Crippen LogP contribution in [-0.2, 0) is 6.42 Å². The van der Waals surface area contributed by atoms with E-state index in [1.165, 1.54) is 0 Å². The van der Waals surface area contributed by atoms with E-state index in [0.717, 1.165) is 24.4 Å². The lowest BCUT2D eigenvalue weighted by Gasteiger charge is -2.05. The third kappa shape index (κ3) is 2.07. The van der Waals surface area contributed by atoms with Crippen LogP contribution in [0.3, 0.4) is 0 Å². The van der Waals surface area contributed by atoms with Gasteiger partial charge in [-0.1, -0.05) is 0 Å². The molecular weight excluding hydrogens is 190 g/mol. The van der Waals surface area contributed by atoms with E-state index < -0.39 is 0 Å². The Balaban J connectivity index is 2.27. The number of pyridine rings is 1. The van der Waals surface area contributed by atoms with Crippen molar-refractivity contribution in [3.05, 3.63) is 24.2 Å². The first-order chi connectivity index (χ1) is 7.16. The Morgan fingerprint density at radius 3 is 2.93 bits per heavy atom. The van der Waals surface area contributed by atoms with Gasteiger partial charge in [-0.15, -0.1) is 0 Å². The fourth-order valence-electron chi connectivity index (χ4n) is 1.40. The second-order valence-electron chi connectivity index (χ2n) is 3.81. The Bertz CT molecular complexity index is 460. The van der Waals surface area contributed by atoms with Crippen molar-refractivity contribution in [2.75, 3.05) is 26.4 Å². The second kappa shape index (κ2) is 3.86. The molecule has 0 aliphatic rings. The third-order valence-electron chi connectivity index (χ3n) is 2.22. The number of nitrogens with zero attached hydrogens (tertiary/aromatic N) is 4. The van der Waals surface area contributed by atoms with Crippen molar-refractivity contribution in [3.63, 3.8) is 0 Å². The number of nitrogens with two attached hydrogens (primary N) is 1. The van der Waals surface area contributed by atoms with Gasteiger partial charge in [0.05, 0.1) is 5.69 Å². The van der Waals surface area contributed by atoms with Crippen molar-refractivity contribution in [1.29, 1.82) is 0 Å². The molecule has 5 heteroatoms. The highest BCUT2D eigenvalue weighted by molar-refractivity contribution is 5.63. The highest BCUT2D eigenvalue weighted by Gasteiger charge is 2.05. The molecule has 2 heterocycles. The number of anilines is 1. The summed E-state index contributed by atoms with van der Waals surface area (Å²) >= 11 is 0. The van der Waals surface area contributed by atoms with Gasteiger partial charge < -0.3 is 10.6 Å². The van der Waals surface area contributed by atoms with Crippen LogP contribution in [0.4, 0.5) is 5.69 Å². The maximum absolute atomic E-state index is 5.79. The number of nitrogen functional groups attached to an aromatic ring is 1. The molecule has 0 saturated carbocycles. The number of likely N-dealkylation sites (N-methyl/N-ethyl adjacent to an activating group) is 1. The van der Waals surface area contributed by atoms with Gasteiger partial charge in [0.15, 0.2) is 11.5 Å². The van der Waals surface area contributed by atoms with Crippen molar-refractivity contribution >= 4 is 11.3 Å². The predicted octanol–water partition coefficient (Wildman–Crippen LogP) is 0.416. The molecule has 15 heavy (non-hydrogen) atoms. The standard InChI is InChI=1S/C10H15N5/c1-14(2)7-5-9-12-10-8(11)4-3-6-15(10)13-9/h3-4,6H,5,7,11H2,1-2H3. The number of hydrogen-bond donors (Lipinski definition) is 1. The predicted molar refractivity (Wildman–Crippen MR) is 59.7 cm³/mol. The van der Waals surface area contributed by atoms with Crippen LogP contribution >= 0.6 is 0 Å². The molecule has 2 aromatic heterocycles. The van der Waals surface area contributed by atoms with Gasteiger partial charge in [0.25, 0.3) is 0 Å². The molecule has 80 valence electrons. The summed E-state index contributed by atoms with van der Waals surface area (Å²) in [6, 6.07) is 3.70. The maximum atomic E-state index is 5.79. The molecule has 0 spiro atoms. The van der Waals surface area contributed by atoms with Crippen LogP contribution in [0, 0.1) is 0 Å². The first kappa shape index (κ1) is 9.92. The monoisotopic (exact) mass is 205 g/mol. The van der Waals surface area contributed by atoms with Crippen molar-refractivity contribution in [1.82, 2.24) is 19.5 Å². The smallest absolute Gasteiger partial charge is 0.178 e. The number of rotatable bonds is 3. The van der Waals surface area contributed by atoms with Crippen molar-refractivity contribution in [3.8, 4) is 0 Å². The summed E-state index contributed by atoms with van der Waals surface area (Å²) in [5, 5.41) is 4.34. The Labute approximate surface area is 88.5 Å². The molecule has 2 N–H and O–H groups in total. The Morgan fingerprint density at radius 2 is 2.27 bits per heavy atom. The quantitative estimate of drug-likeness (QED) is 0.788. The number of aromatic nitrogens is 3. The van der Waals surface area contributed by atoms with Gasteiger partial charge in [-0.2, -0.15) is 5.10 Å². The fourth-order valence-corrected chi connectivity index (χ4v) is 1.40. The van der Waals surface area contributed by atoms with E-state index in [2.05, 4.69) is 15.0 Å². The largest absolute Gasteiger partial charge is 0.396 e. The van der Waals surface area contributed by atoms with Crippen LogP contribution in [-0.4, -0.2) is 40.1 Å². The summed E-state index contributed by atoms with van der Waals surface area (Å²) in [6.07, 6.45) is 2.70. The maximum Gasteiger partial charge on any atom is 0.178 e. The molecule has 0 fully saturated rings. The van der Waals surface area contributed by atoms with E-state index in [0.29, 0.717) is 5.69 Å². The van der Waals surface area contributed by atoms with Crippen LogP contribution in [0.25, 0.3) is 5.65 Å². The molecular formula is C10H15N5. The summed E-state index contributed by atoms with van der Waals surface area (Å²) in [5.41, 5.74) is 7.20. The summed E-state index contributed by atoms with van der Waals surface area (Å²) in [5.74, 6) is 0.835. The lowest BCUT2D eigenvalue weighted by atomic mass is 10.4. The van der Waals surface area contributed by atoms with E-state index in [4.69, 9.17) is 5.73 Å². The van der Waals surface area contributed by atoms with E-state index in [1.54, 1.807) is 4.52 Å². The highest BCUT2D eigenvalue weighted by atomic mass is 15.3. The van der Waals surface area contributed by atoms with Gasteiger partial charge in [-0.05, 0) is 26.2 Å². The summed E-state index contributed by atoms with van der Waals surface area (Å²) < 4.78 is 1.72. The van der Waals surface area contributed by atoms with Gasteiger partial charge in [0.1, 0.15) is 0 Å². The zero-order chi connectivity index (χ0) is 10.8. The first-order valence-corrected chi connectivity index (χ1v) is 4.91. The zero-order valence-electron chi connectivity index (χ0n) is 9.01. The van der Waals surface area contributed by atoms with Gasteiger partial charge in [0.2, 0.25) is 0 Å². The van der Waals surface area contributed by atoms with E-state index in [9.17, 15) is 0 Å². The lowest BCUT2D eigenvalue weighted by Crippen LogP contribution is -2.15. The Hall–Kier alpha value is -1.62. The normalized spacial score (nSPS) is 11.4. The van der Waals surface area contributed by atoms with Gasteiger partial charge >= 0.3 is 0 Å². The molecule has 0 aromatic carbocycles. The van der Waals surface area contributed by atoms with E-state index >= 15 is 0 Å². The van der Waals surface area contributed by atoms with E-state index in [-0.39, 0.29) is 0 Å². The second-order valence-corrected chi connectivity index (χ2v) is 3.81. The molecule has 0 radical (unpaired) electrons. The summed E-state index contributed by atoms with van der Waals surface area (Å²) in [7, 11) is 4.06. The molecule has 0 atom stereocenters. The van der Waals surface area contributed by atoms with Crippen LogP contribution < -0.4 is 5.73 Å². The molecule has 0 amide bonds. The van der Waals surface area contributed by atoms with E-state index in [1.807, 2.05) is 32.4 Å². The van der Waals surface area contributed by atoms with Gasteiger partial charge in [-0.3, -0.25) is 0 Å². The topological polar surface area (TPSA) is 59.5 Å². The first-order valence-electron chi connectivity index (χ1n) is 4.91. The molecule has 0 unspecified atom stereocenters. The molecule has 0 bridgehead atoms. The minimum atomic E-state index is 0.668. The molecule has 0 aliphatic carbocycles. The van der Waals surface area contributed by atoms with Gasteiger partial charge in [0, 0.05) is 19.2 Å². The van der Waals surface area contributed by atoms with Crippen LogP contribution in [0.15, 0.2) is 18.3 Å². The van der Waals surface area contributed by atoms with Crippen molar-refractivity contribution < 1.29 is 0 Å². The Kier molecular flexibility index (Phi) is 2.55. The fraction of sp³-hybridized carbons (Fsp3) is 0.400. The highest BCUT2D eigenvalue weighted by Crippen LogP contribution is 2.10.